The molecule has 1 aliphatic rings. The van der Waals surface area contributed by atoms with Gasteiger partial charge in [0.05, 0.1) is 0 Å². The largest absolute Gasteiger partial charge is 0.314 e. The molecule has 0 bridgehead atoms. The number of hydrogen-bond acceptors (Lipinski definition) is 2. The third kappa shape index (κ3) is 2.73. The molecule has 2 aromatic rings. The second-order valence-electron chi connectivity index (χ2n) is 5.29. The van der Waals surface area contributed by atoms with Crippen molar-refractivity contribution in [2.75, 3.05) is 26.7 Å². The molecule has 0 saturated carbocycles. The third-order valence-corrected chi connectivity index (χ3v) is 4.24. The van der Waals surface area contributed by atoms with E-state index in [1.807, 2.05) is 12.1 Å². The number of likely N-dealkylation sites (N-methyl/N-ethyl adjacent to an activating group) is 1. The standard InChI is InChI=1S/C17H19ClN2/c1-20-11-10-19-12-17(20)16-5-3-2-4-15(16)13-6-8-14(18)9-7-13/h2-9,17,19H,10-12H2,1H3. The van der Waals surface area contributed by atoms with Crippen molar-refractivity contribution < 1.29 is 0 Å². The van der Waals surface area contributed by atoms with Gasteiger partial charge in [0.1, 0.15) is 0 Å². The summed E-state index contributed by atoms with van der Waals surface area (Å²) in [7, 11) is 2.20. The zero-order chi connectivity index (χ0) is 13.9. The Morgan fingerprint density at radius 2 is 1.85 bits per heavy atom. The number of piperazine rings is 1. The van der Waals surface area contributed by atoms with Crippen molar-refractivity contribution in [3.63, 3.8) is 0 Å². The molecule has 1 unspecified atom stereocenters. The third-order valence-electron chi connectivity index (χ3n) is 3.99. The average Bonchev–Trinajstić information content (AvgIpc) is 2.49. The molecular weight excluding hydrogens is 268 g/mol. The van der Waals surface area contributed by atoms with Crippen LogP contribution in [-0.4, -0.2) is 31.6 Å². The molecule has 1 heterocycles. The van der Waals surface area contributed by atoms with Crippen LogP contribution < -0.4 is 5.32 Å². The molecule has 104 valence electrons. The van der Waals surface area contributed by atoms with E-state index >= 15 is 0 Å². The van der Waals surface area contributed by atoms with Crippen molar-refractivity contribution in [2.24, 2.45) is 0 Å². The lowest BCUT2D eigenvalue weighted by molar-refractivity contribution is 0.203. The van der Waals surface area contributed by atoms with E-state index in [2.05, 4.69) is 53.7 Å². The van der Waals surface area contributed by atoms with Crippen LogP contribution in [0.2, 0.25) is 5.02 Å². The monoisotopic (exact) mass is 286 g/mol. The maximum absolute atomic E-state index is 5.99. The molecule has 1 saturated heterocycles. The summed E-state index contributed by atoms with van der Waals surface area (Å²) in [5, 5.41) is 4.27. The lowest BCUT2D eigenvalue weighted by Gasteiger charge is -2.34. The first kappa shape index (κ1) is 13.6. The van der Waals surface area contributed by atoms with E-state index in [0.29, 0.717) is 6.04 Å². The van der Waals surface area contributed by atoms with Crippen LogP contribution >= 0.6 is 11.6 Å². The molecule has 0 radical (unpaired) electrons. The minimum absolute atomic E-state index is 0.427. The summed E-state index contributed by atoms with van der Waals surface area (Å²) in [5.41, 5.74) is 3.90. The first-order valence-corrected chi connectivity index (χ1v) is 7.39. The fraction of sp³-hybridized carbons (Fsp3) is 0.294. The smallest absolute Gasteiger partial charge is 0.0476 e. The topological polar surface area (TPSA) is 15.3 Å². The Hall–Kier alpha value is -1.35. The molecule has 1 N–H and O–H groups in total. The highest BCUT2D eigenvalue weighted by Crippen LogP contribution is 2.31. The van der Waals surface area contributed by atoms with Gasteiger partial charge in [-0.25, -0.2) is 0 Å². The molecule has 1 fully saturated rings. The summed E-state index contributed by atoms with van der Waals surface area (Å²) in [4.78, 5) is 2.42. The van der Waals surface area contributed by atoms with E-state index < -0.39 is 0 Å². The van der Waals surface area contributed by atoms with Crippen molar-refractivity contribution in [2.45, 2.75) is 6.04 Å². The van der Waals surface area contributed by atoms with Crippen LogP contribution in [0.15, 0.2) is 48.5 Å². The Morgan fingerprint density at radius 3 is 2.60 bits per heavy atom. The van der Waals surface area contributed by atoms with Gasteiger partial charge in [-0.2, -0.15) is 0 Å². The predicted molar refractivity (Wildman–Crippen MR) is 85.1 cm³/mol. The maximum atomic E-state index is 5.99. The van der Waals surface area contributed by atoms with E-state index in [1.165, 1.54) is 16.7 Å². The summed E-state index contributed by atoms with van der Waals surface area (Å²) in [6, 6.07) is 17.2. The second-order valence-corrected chi connectivity index (χ2v) is 5.73. The van der Waals surface area contributed by atoms with Crippen LogP contribution in [0.1, 0.15) is 11.6 Å². The molecular formula is C17H19ClN2. The Bertz CT molecular complexity index is 580. The molecule has 1 atom stereocenters. The lowest BCUT2D eigenvalue weighted by Crippen LogP contribution is -2.43. The summed E-state index contributed by atoms with van der Waals surface area (Å²) in [6.45, 7) is 3.15. The Kier molecular flexibility index (Phi) is 4.06. The summed E-state index contributed by atoms with van der Waals surface area (Å²) < 4.78 is 0. The van der Waals surface area contributed by atoms with Gasteiger partial charge in [-0.05, 0) is 35.9 Å². The zero-order valence-electron chi connectivity index (χ0n) is 11.6. The number of halogens is 1. The molecule has 3 heteroatoms. The SMILES string of the molecule is CN1CCNCC1c1ccccc1-c1ccc(Cl)cc1. The second kappa shape index (κ2) is 5.96. The highest BCUT2D eigenvalue weighted by atomic mass is 35.5. The molecule has 0 amide bonds. The minimum atomic E-state index is 0.427. The normalized spacial score (nSPS) is 20.0. The number of nitrogens with one attached hydrogen (secondary N) is 1. The first-order chi connectivity index (χ1) is 9.75. The van der Waals surface area contributed by atoms with Gasteiger partial charge in [0.2, 0.25) is 0 Å². The van der Waals surface area contributed by atoms with E-state index in [-0.39, 0.29) is 0 Å². The van der Waals surface area contributed by atoms with Crippen molar-refractivity contribution in [1.82, 2.24) is 10.2 Å². The van der Waals surface area contributed by atoms with Crippen LogP contribution in [0.4, 0.5) is 0 Å². The van der Waals surface area contributed by atoms with Gasteiger partial charge >= 0.3 is 0 Å². The number of benzene rings is 2. The molecule has 1 aliphatic heterocycles. The molecule has 0 spiro atoms. The molecule has 20 heavy (non-hydrogen) atoms. The van der Waals surface area contributed by atoms with Gasteiger partial charge in [-0.1, -0.05) is 48.0 Å². The maximum Gasteiger partial charge on any atom is 0.0476 e. The number of nitrogens with zero attached hydrogens (tertiary/aromatic N) is 1. The van der Waals surface area contributed by atoms with Gasteiger partial charge in [-0.15, -0.1) is 0 Å². The van der Waals surface area contributed by atoms with Crippen LogP contribution in [0.25, 0.3) is 11.1 Å². The zero-order valence-corrected chi connectivity index (χ0v) is 12.4. The van der Waals surface area contributed by atoms with Crippen molar-refractivity contribution in [3.05, 3.63) is 59.1 Å². The van der Waals surface area contributed by atoms with E-state index in [1.54, 1.807) is 0 Å². The Morgan fingerprint density at radius 1 is 1.10 bits per heavy atom. The first-order valence-electron chi connectivity index (χ1n) is 7.01. The molecule has 0 aromatic heterocycles. The predicted octanol–water partition coefficient (Wildman–Crippen LogP) is 3.58. The van der Waals surface area contributed by atoms with Crippen molar-refractivity contribution >= 4 is 11.6 Å². The Labute approximate surface area is 125 Å². The molecule has 2 nitrogen and oxygen atoms in total. The lowest BCUT2D eigenvalue weighted by atomic mass is 9.93. The molecule has 0 aliphatic carbocycles. The van der Waals surface area contributed by atoms with E-state index in [4.69, 9.17) is 11.6 Å². The van der Waals surface area contributed by atoms with Crippen molar-refractivity contribution in [3.8, 4) is 11.1 Å². The van der Waals surface area contributed by atoms with Gasteiger partial charge < -0.3 is 5.32 Å². The summed E-state index contributed by atoms with van der Waals surface area (Å²) in [5.74, 6) is 0. The fourth-order valence-electron chi connectivity index (χ4n) is 2.83. The van der Waals surface area contributed by atoms with Gasteiger partial charge in [0.15, 0.2) is 0 Å². The quantitative estimate of drug-likeness (QED) is 0.908. The Balaban J connectivity index is 2.01. The van der Waals surface area contributed by atoms with Crippen LogP contribution in [0.5, 0.6) is 0 Å². The van der Waals surface area contributed by atoms with Crippen LogP contribution in [0, 0.1) is 0 Å². The van der Waals surface area contributed by atoms with Gasteiger partial charge in [0.25, 0.3) is 0 Å². The van der Waals surface area contributed by atoms with Crippen LogP contribution in [-0.2, 0) is 0 Å². The fourth-order valence-corrected chi connectivity index (χ4v) is 2.96. The number of hydrogen-bond donors (Lipinski definition) is 1. The minimum Gasteiger partial charge on any atom is -0.314 e. The number of rotatable bonds is 2. The average molecular weight is 287 g/mol. The highest BCUT2D eigenvalue weighted by Gasteiger charge is 2.22. The highest BCUT2D eigenvalue weighted by molar-refractivity contribution is 6.30. The van der Waals surface area contributed by atoms with E-state index in [9.17, 15) is 0 Å². The van der Waals surface area contributed by atoms with Gasteiger partial charge in [-0.3, -0.25) is 4.90 Å². The van der Waals surface area contributed by atoms with Gasteiger partial charge in [0, 0.05) is 30.7 Å². The van der Waals surface area contributed by atoms with Crippen molar-refractivity contribution in [1.29, 1.82) is 0 Å². The molecule has 3 rings (SSSR count). The summed E-state index contributed by atoms with van der Waals surface area (Å²) in [6.07, 6.45) is 0. The molecule has 2 aromatic carbocycles. The summed E-state index contributed by atoms with van der Waals surface area (Å²) >= 11 is 5.99. The van der Waals surface area contributed by atoms with Crippen LogP contribution in [0.3, 0.4) is 0 Å². The van der Waals surface area contributed by atoms with E-state index in [0.717, 1.165) is 24.7 Å².